The lowest BCUT2D eigenvalue weighted by atomic mass is 10.1. The molecule has 0 aliphatic heterocycles. The maximum absolute atomic E-state index is 12.2. The van der Waals surface area contributed by atoms with Crippen molar-refractivity contribution in [3.8, 4) is 0 Å². The van der Waals surface area contributed by atoms with Crippen molar-refractivity contribution in [3.63, 3.8) is 0 Å². The molecule has 0 saturated carbocycles. The summed E-state index contributed by atoms with van der Waals surface area (Å²) in [6.45, 7) is 1.98. The first-order valence-electron chi connectivity index (χ1n) is 4.77. The van der Waals surface area contributed by atoms with Gasteiger partial charge in [-0.15, -0.1) is 0 Å². The van der Waals surface area contributed by atoms with Gasteiger partial charge < -0.3 is 5.32 Å². The molecule has 0 fully saturated rings. The normalized spacial score (nSPS) is 13.9. The lowest BCUT2D eigenvalue weighted by molar-refractivity contribution is -0.137. The number of halogens is 3. The minimum atomic E-state index is -4.24. The van der Waals surface area contributed by atoms with E-state index in [2.05, 4.69) is 5.32 Å². The van der Waals surface area contributed by atoms with Crippen LogP contribution in [0.25, 0.3) is 0 Å². The van der Waals surface area contributed by atoms with Crippen LogP contribution in [-0.4, -0.2) is 13.1 Å². The van der Waals surface area contributed by atoms with Crippen LogP contribution in [0.4, 0.5) is 13.2 Å². The molecule has 1 unspecified atom stereocenters. The molecule has 84 valence electrons. The Bertz CT molecular complexity index is 303. The second kappa shape index (κ2) is 4.66. The molecule has 0 heterocycles. The molecule has 0 aliphatic rings. The zero-order valence-corrected chi connectivity index (χ0v) is 8.73. The van der Waals surface area contributed by atoms with Gasteiger partial charge in [0.1, 0.15) is 0 Å². The highest BCUT2D eigenvalue weighted by Crippen LogP contribution is 2.29. The van der Waals surface area contributed by atoms with Gasteiger partial charge in [0, 0.05) is 6.04 Å². The molecule has 1 N–H and O–H groups in total. The molecule has 15 heavy (non-hydrogen) atoms. The van der Waals surface area contributed by atoms with Crippen LogP contribution in [0.15, 0.2) is 24.3 Å². The Morgan fingerprint density at radius 3 is 2.13 bits per heavy atom. The Hall–Kier alpha value is -1.03. The van der Waals surface area contributed by atoms with E-state index >= 15 is 0 Å². The van der Waals surface area contributed by atoms with Crippen molar-refractivity contribution >= 4 is 0 Å². The molecule has 0 bridgehead atoms. The van der Waals surface area contributed by atoms with E-state index < -0.39 is 11.7 Å². The van der Waals surface area contributed by atoms with Gasteiger partial charge in [-0.3, -0.25) is 0 Å². The molecule has 1 nitrogen and oxygen atoms in total. The van der Waals surface area contributed by atoms with E-state index in [1.165, 1.54) is 12.1 Å². The van der Waals surface area contributed by atoms with Gasteiger partial charge in [0.25, 0.3) is 0 Å². The van der Waals surface area contributed by atoms with Gasteiger partial charge in [-0.1, -0.05) is 12.1 Å². The zero-order chi connectivity index (χ0) is 11.5. The number of alkyl halides is 3. The van der Waals surface area contributed by atoms with Gasteiger partial charge >= 0.3 is 6.18 Å². The average Bonchev–Trinajstić information content (AvgIpc) is 2.17. The van der Waals surface area contributed by atoms with Gasteiger partial charge in [0.05, 0.1) is 5.56 Å². The third kappa shape index (κ3) is 3.55. The van der Waals surface area contributed by atoms with E-state index in [1.807, 2.05) is 14.0 Å². The molecule has 0 saturated heterocycles. The Morgan fingerprint density at radius 2 is 1.73 bits per heavy atom. The van der Waals surface area contributed by atoms with Gasteiger partial charge in [-0.25, -0.2) is 0 Å². The average molecular weight is 217 g/mol. The highest BCUT2D eigenvalue weighted by atomic mass is 19.4. The van der Waals surface area contributed by atoms with Crippen LogP contribution in [0.5, 0.6) is 0 Å². The Labute approximate surface area is 87.3 Å². The third-order valence-corrected chi connectivity index (χ3v) is 2.32. The molecule has 1 aromatic carbocycles. The standard InChI is InChI=1S/C11H14F3N/c1-8(15-2)7-9-3-5-10(6-4-9)11(12,13)14/h3-6,8,15H,7H2,1-2H3. The van der Waals surface area contributed by atoms with Gasteiger partial charge in [-0.05, 0) is 38.1 Å². The second-order valence-electron chi connectivity index (χ2n) is 3.59. The fourth-order valence-corrected chi connectivity index (χ4v) is 1.29. The SMILES string of the molecule is CNC(C)Cc1ccc(C(F)(F)F)cc1. The minimum Gasteiger partial charge on any atom is -0.317 e. The molecule has 0 amide bonds. The number of nitrogens with one attached hydrogen (secondary N) is 1. The van der Waals surface area contributed by atoms with E-state index in [-0.39, 0.29) is 6.04 Å². The molecule has 4 heteroatoms. The predicted molar refractivity (Wildman–Crippen MR) is 53.7 cm³/mol. The van der Waals surface area contributed by atoms with Crippen LogP contribution in [0, 0.1) is 0 Å². The van der Waals surface area contributed by atoms with Crippen LogP contribution in [-0.2, 0) is 12.6 Å². The van der Waals surface area contributed by atoms with Crippen LogP contribution in [0.3, 0.4) is 0 Å². The molecule has 0 aromatic heterocycles. The Morgan fingerprint density at radius 1 is 1.20 bits per heavy atom. The fraction of sp³-hybridized carbons (Fsp3) is 0.455. The van der Waals surface area contributed by atoms with E-state index in [4.69, 9.17) is 0 Å². The van der Waals surface area contributed by atoms with Crippen LogP contribution >= 0.6 is 0 Å². The molecule has 0 aliphatic carbocycles. The number of hydrogen-bond donors (Lipinski definition) is 1. The molecular weight excluding hydrogens is 203 g/mol. The van der Waals surface area contributed by atoms with E-state index in [1.54, 1.807) is 0 Å². The molecule has 1 atom stereocenters. The van der Waals surface area contributed by atoms with Gasteiger partial charge in [-0.2, -0.15) is 13.2 Å². The zero-order valence-electron chi connectivity index (χ0n) is 8.73. The summed E-state index contributed by atoms with van der Waals surface area (Å²) in [5.74, 6) is 0. The summed E-state index contributed by atoms with van der Waals surface area (Å²) in [6, 6.07) is 5.56. The van der Waals surface area contributed by atoms with Crippen LogP contribution in [0.1, 0.15) is 18.1 Å². The summed E-state index contributed by atoms with van der Waals surface area (Å²) in [6.07, 6.45) is -3.51. The third-order valence-electron chi connectivity index (χ3n) is 2.32. The first kappa shape index (κ1) is 12.0. The molecule has 0 radical (unpaired) electrons. The lowest BCUT2D eigenvalue weighted by Gasteiger charge is -2.11. The van der Waals surface area contributed by atoms with Crippen molar-refractivity contribution < 1.29 is 13.2 Å². The summed E-state index contributed by atoms with van der Waals surface area (Å²) >= 11 is 0. The highest BCUT2D eigenvalue weighted by molar-refractivity contribution is 5.25. The van der Waals surface area contributed by atoms with E-state index in [0.29, 0.717) is 0 Å². The van der Waals surface area contributed by atoms with Crippen molar-refractivity contribution in [2.24, 2.45) is 0 Å². The van der Waals surface area contributed by atoms with Crippen molar-refractivity contribution in [1.82, 2.24) is 5.32 Å². The molecule has 1 rings (SSSR count). The molecule has 0 spiro atoms. The first-order valence-corrected chi connectivity index (χ1v) is 4.77. The van der Waals surface area contributed by atoms with Crippen molar-refractivity contribution in [1.29, 1.82) is 0 Å². The largest absolute Gasteiger partial charge is 0.416 e. The van der Waals surface area contributed by atoms with E-state index in [9.17, 15) is 13.2 Å². The van der Waals surface area contributed by atoms with Gasteiger partial charge in [0.2, 0.25) is 0 Å². The Kier molecular flexibility index (Phi) is 3.74. The fourth-order valence-electron chi connectivity index (χ4n) is 1.29. The lowest BCUT2D eigenvalue weighted by Crippen LogP contribution is -2.23. The van der Waals surface area contributed by atoms with Crippen molar-refractivity contribution in [3.05, 3.63) is 35.4 Å². The topological polar surface area (TPSA) is 12.0 Å². The Balaban J connectivity index is 2.73. The summed E-state index contributed by atoms with van der Waals surface area (Å²) in [5, 5.41) is 3.04. The molecular formula is C11H14F3N. The summed E-state index contributed by atoms with van der Waals surface area (Å²) in [4.78, 5) is 0. The minimum absolute atomic E-state index is 0.265. The number of benzene rings is 1. The van der Waals surface area contributed by atoms with Crippen molar-refractivity contribution in [2.75, 3.05) is 7.05 Å². The maximum atomic E-state index is 12.2. The monoisotopic (exact) mass is 217 g/mol. The number of hydrogen-bond acceptors (Lipinski definition) is 1. The predicted octanol–water partition coefficient (Wildman–Crippen LogP) is 2.86. The van der Waals surface area contributed by atoms with Gasteiger partial charge in [0.15, 0.2) is 0 Å². The first-order chi connectivity index (χ1) is 6.93. The van der Waals surface area contributed by atoms with Crippen LogP contribution in [0.2, 0.25) is 0 Å². The smallest absolute Gasteiger partial charge is 0.317 e. The molecule has 1 aromatic rings. The summed E-state index contributed by atoms with van der Waals surface area (Å²) in [7, 11) is 1.83. The summed E-state index contributed by atoms with van der Waals surface area (Å²) in [5.41, 5.74) is 0.313. The van der Waals surface area contributed by atoms with Crippen LogP contribution < -0.4 is 5.32 Å². The highest BCUT2D eigenvalue weighted by Gasteiger charge is 2.29. The van der Waals surface area contributed by atoms with Crippen molar-refractivity contribution in [2.45, 2.75) is 25.6 Å². The number of likely N-dealkylation sites (N-methyl/N-ethyl adjacent to an activating group) is 1. The van der Waals surface area contributed by atoms with E-state index in [0.717, 1.165) is 24.1 Å². The maximum Gasteiger partial charge on any atom is 0.416 e. The number of rotatable bonds is 3. The second-order valence-corrected chi connectivity index (χ2v) is 3.59. The quantitative estimate of drug-likeness (QED) is 0.820. The summed E-state index contributed by atoms with van der Waals surface area (Å²) < 4.78 is 36.7.